The molecule has 0 atom stereocenters. The van der Waals surface area contributed by atoms with Gasteiger partial charge in [-0.3, -0.25) is 25.0 Å². The Morgan fingerprint density at radius 2 is 0.738 bits per heavy atom. The van der Waals surface area contributed by atoms with Gasteiger partial charge in [-0.2, -0.15) is 0 Å². The summed E-state index contributed by atoms with van der Waals surface area (Å²) in [5, 5.41) is 57.8. The van der Waals surface area contributed by atoms with Crippen molar-refractivity contribution in [3.63, 3.8) is 0 Å². The Labute approximate surface area is 623 Å². The first kappa shape index (κ1) is 72.5. The largest absolute Gasteiger partial charge is 0.488 e. The summed E-state index contributed by atoms with van der Waals surface area (Å²) in [4.78, 5) is 35.7. The van der Waals surface area contributed by atoms with E-state index in [4.69, 9.17) is 15.8 Å². The van der Waals surface area contributed by atoms with Crippen LogP contribution in [-0.2, 0) is 17.1 Å². The SMILES string of the molecule is C.Nc1c(-c2ccccc2)c2ccccc2c2ccccc12.O=C(Nc1c(-c2ccccc2)c2ccccc2c2ccccc12)c1ccc(Br)cc1.O=[N+]([O-])c1c(-c2ccccc2)c2ccccc2c2ccccc12.O=[N+]([O-])c1c(Br)c2c(c3ccccc13)C=C[C+]=C2.OB(O)c1ccccc1.[Fe]. The first-order valence-corrected chi connectivity index (χ1v) is 33.9. The van der Waals surface area contributed by atoms with Crippen molar-refractivity contribution in [2.75, 3.05) is 11.1 Å². The van der Waals surface area contributed by atoms with Crippen molar-refractivity contribution in [1.29, 1.82) is 0 Å². The number of hydrogen-bond acceptors (Lipinski definition) is 8. The van der Waals surface area contributed by atoms with Crippen molar-refractivity contribution < 1.29 is 41.8 Å². The number of amides is 1. The molecular weight excluding hydrogens is 1450 g/mol. The second-order valence-electron chi connectivity index (χ2n) is 23.6. The van der Waals surface area contributed by atoms with Crippen LogP contribution in [0.15, 0.2) is 330 Å². The quantitative estimate of drug-likeness (QED) is 0.0289. The molecule has 15 heteroatoms. The molecule has 0 radical (unpaired) electrons. The normalized spacial score (nSPS) is 10.8. The Hall–Kier alpha value is -11.7. The van der Waals surface area contributed by atoms with E-state index in [-0.39, 0.29) is 51.6 Å². The summed E-state index contributed by atoms with van der Waals surface area (Å²) in [6.45, 7) is 0. The fraction of sp³-hybridized carbons (Fsp3) is 0.0114. The summed E-state index contributed by atoms with van der Waals surface area (Å²) in [6.07, 6.45) is 8.45. The fourth-order valence-electron chi connectivity index (χ4n) is 13.1. The number of benzene rings is 16. The number of allylic oxidation sites excluding steroid dienone is 2. The zero-order valence-corrected chi connectivity index (χ0v) is 58.6. The van der Waals surface area contributed by atoms with Crippen LogP contribution in [0.1, 0.15) is 28.9 Å². The number of nitrogens with one attached hydrogen (secondary N) is 1. The summed E-state index contributed by atoms with van der Waals surface area (Å²) in [6, 6.07) is 102. The number of rotatable bonds is 8. The topological polar surface area (TPSA) is 182 Å². The fourth-order valence-corrected chi connectivity index (χ4v) is 14.0. The number of fused-ring (bicyclic) bond motifs is 12. The molecule has 1 aliphatic carbocycles. The van der Waals surface area contributed by atoms with Gasteiger partial charge in [0.1, 0.15) is 23.3 Å². The molecule has 1 amide bonds. The number of nitrogen functional groups attached to an aromatic ring is 1. The molecule has 0 saturated heterocycles. The minimum Gasteiger partial charge on any atom is -0.423 e. The van der Waals surface area contributed by atoms with Crippen LogP contribution < -0.4 is 16.5 Å². The molecule has 0 fully saturated rings. The third kappa shape index (κ3) is 15.3. The minimum absolute atomic E-state index is 0. The van der Waals surface area contributed by atoms with Crippen LogP contribution in [0.3, 0.4) is 0 Å². The molecule has 11 nitrogen and oxygen atoms in total. The molecule has 0 aromatic heterocycles. The molecule has 16 aromatic carbocycles. The van der Waals surface area contributed by atoms with Crippen molar-refractivity contribution in [2.24, 2.45) is 0 Å². The molecule has 0 spiro atoms. The van der Waals surface area contributed by atoms with E-state index >= 15 is 0 Å². The predicted molar refractivity (Wildman–Crippen MR) is 432 cm³/mol. The van der Waals surface area contributed by atoms with E-state index in [1.807, 2.05) is 188 Å². The summed E-state index contributed by atoms with van der Waals surface area (Å²) < 4.78 is 1.46. The standard InChI is InChI=1S/C27H18BrNO.C20H13NO2.C20H15N.C14H7BrNO2.C6H7BO2.CH4.Fe/c28-20-16-14-19(15-17-20)27(30)29-26-24-13-7-5-11-22(24)21-10-4-6-12-23(21)25(26)18-8-2-1-3-9-18;22-21(23)20-18-13-7-5-11-16(18)15-10-4-6-12-17(15)19(20)14-8-2-1-3-9-14;21-20-18-13-7-5-11-16(18)15-10-4-6-12-17(15)19(20)14-8-2-1-3-9-14;15-13-11-7-3-1-5-9(11)10-6-2-4-8-12(10)14(13)16(17)18;8-7(9)6-4-2-1-3-5-6;;/h1-17H,(H,29,30);1-13H;1-13H,21H2;1-2,4-8H;1-5,8-9H;1H4;/q;;;+1;;;. The molecular formula is C88H64BBr2FeN4O7+. The monoisotopic (exact) mass is 1510 g/mol. The van der Waals surface area contributed by atoms with E-state index in [0.717, 1.165) is 97.9 Å². The van der Waals surface area contributed by atoms with Crippen LogP contribution >= 0.6 is 31.9 Å². The zero-order valence-electron chi connectivity index (χ0n) is 54.3. The Morgan fingerprint density at radius 1 is 0.398 bits per heavy atom. The first-order chi connectivity index (χ1) is 49.4. The number of nitrogens with two attached hydrogens (primary N) is 1. The molecule has 502 valence electrons. The van der Waals surface area contributed by atoms with Gasteiger partial charge < -0.3 is 21.1 Å². The van der Waals surface area contributed by atoms with Gasteiger partial charge in [-0.25, -0.2) is 0 Å². The predicted octanol–water partition coefficient (Wildman–Crippen LogP) is 22.8. The molecule has 0 heterocycles. The van der Waals surface area contributed by atoms with Gasteiger partial charge in [0.15, 0.2) is 4.47 Å². The second-order valence-corrected chi connectivity index (χ2v) is 25.3. The van der Waals surface area contributed by atoms with Gasteiger partial charge in [0, 0.05) is 66.2 Å². The number of carbonyl (C=O) groups excluding carboxylic acids is 1. The Balaban J connectivity index is 0.000000133. The maximum absolute atomic E-state index is 13.2. The van der Waals surface area contributed by atoms with Crippen molar-refractivity contribution in [1.82, 2.24) is 0 Å². The number of nitrogens with zero attached hydrogens (tertiary/aromatic N) is 2. The van der Waals surface area contributed by atoms with Crippen molar-refractivity contribution in [3.05, 3.63) is 373 Å². The van der Waals surface area contributed by atoms with Crippen molar-refractivity contribution in [2.45, 2.75) is 7.43 Å². The van der Waals surface area contributed by atoms with Gasteiger partial charge in [0.25, 0.3) is 11.6 Å². The van der Waals surface area contributed by atoms with E-state index in [1.165, 1.54) is 21.5 Å². The number of nitro benzene ring substituents is 2. The minimum atomic E-state index is -1.34. The zero-order chi connectivity index (χ0) is 69.9. The Kier molecular flexibility index (Phi) is 23.3. The maximum atomic E-state index is 13.2. The smallest absolute Gasteiger partial charge is 0.423 e. The molecule has 17 rings (SSSR count). The van der Waals surface area contributed by atoms with Crippen molar-refractivity contribution in [3.8, 4) is 33.4 Å². The molecule has 0 bridgehead atoms. The number of anilines is 2. The van der Waals surface area contributed by atoms with E-state index in [1.54, 1.807) is 36.4 Å². The van der Waals surface area contributed by atoms with E-state index in [2.05, 4.69) is 152 Å². The molecule has 16 aromatic rings. The third-order valence-corrected chi connectivity index (χ3v) is 18.9. The molecule has 0 aliphatic heterocycles. The summed E-state index contributed by atoms with van der Waals surface area (Å²) in [5.74, 6) is -0.125. The average Bonchev–Trinajstić information content (AvgIpc) is 0.784. The first-order valence-electron chi connectivity index (χ1n) is 32.3. The summed E-state index contributed by atoms with van der Waals surface area (Å²) >= 11 is 6.77. The van der Waals surface area contributed by atoms with E-state index < -0.39 is 7.12 Å². The van der Waals surface area contributed by atoms with Gasteiger partial charge in [-0.15, -0.1) is 0 Å². The van der Waals surface area contributed by atoms with Crippen LogP contribution in [0.4, 0.5) is 22.7 Å². The van der Waals surface area contributed by atoms with E-state index in [9.17, 15) is 25.0 Å². The third-order valence-electron chi connectivity index (χ3n) is 17.6. The number of hydrogen-bond donors (Lipinski definition) is 4. The van der Waals surface area contributed by atoms with Gasteiger partial charge >= 0.3 is 12.8 Å². The molecule has 0 saturated carbocycles. The van der Waals surface area contributed by atoms with Gasteiger partial charge in [0.2, 0.25) is 0 Å². The van der Waals surface area contributed by atoms with Crippen LogP contribution in [0.5, 0.6) is 0 Å². The Morgan fingerprint density at radius 3 is 1.19 bits per heavy atom. The second kappa shape index (κ2) is 33.2. The van der Waals surface area contributed by atoms with Gasteiger partial charge in [-0.05, 0) is 123 Å². The maximum Gasteiger partial charge on any atom is 0.488 e. The van der Waals surface area contributed by atoms with Crippen LogP contribution in [0, 0.1) is 26.3 Å². The van der Waals surface area contributed by atoms with Crippen LogP contribution in [0.25, 0.3) is 121 Å². The summed E-state index contributed by atoms with van der Waals surface area (Å²) in [7, 11) is -1.34. The van der Waals surface area contributed by atoms with Crippen molar-refractivity contribution >= 4 is 161 Å². The molecule has 1 aliphatic rings. The molecule has 5 N–H and O–H groups in total. The molecule has 0 unspecified atom stereocenters. The Bertz CT molecular complexity index is 5860. The van der Waals surface area contributed by atoms with Crippen LogP contribution in [-0.4, -0.2) is 32.9 Å². The number of carbonyl (C=O) groups is 1. The summed E-state index contributed by atoms with van der Waals surface area (Å²) in [5.41, 5.74) is 17.4. The number of nitro groups is 2. The molecule has 103 heavy (non-hydrogen) atoms. The average molecular weight is 1520 g/mol. The van der Waals surface area contributed by atoms with Gasteiger partial charge in [-0.1, -0.05) is 302 Å². The van der Waals surface area contributed by atoms with Crippen LogP contribution in [0.2, 0.25) is 0 Å². The van der Waals surface area contributed by atoms with E-state index in [0.29, 0.717) is 31.8 Å². The number of halogens is 2. The van der Waals surface area contributed by atoms with Gasteiger partial charge in [0.05, 0.1) is 37.9 Å².